The Bertz CT molecular complexity index is 615. The molecule has 2 aromatic rings. The van der Waals surface area contributed by atoms with Crippen LogP contribution in [0.1, 0.15) is 42.5 Å². The van der Waals surface area contributed by atoms with E-state index >= 15 is 0 Å². The van der Waals surface area contributed by atoms with E-state index in [0.29, 0.717) is 0 Å². The summed E-state index contributed by atoms with van der Waals surface area (Å²) in [5.41, 5.74) is 3.66. The minimum absolute atomic E-state index is 0.142. The largest absolute Gasteiger partial charge is 0.387 e. The van der Waals surface area contributed by atoms with Gasteiger partial charge in [-0.2, -0.15) is 0 Å². The summed E-state index contributed by atoms with van der Waals surface area (Å²) < 4.78 is 0. The summed E-state index contributed by atoms with van der Waals surface area (Å²) in [4.78, 5) is 5.85. The number of aliphatic hydroxyl groups is 1. The maximum absolute atomic E-state index is 10.3. The normalized spacial score (nSPS) is 21.2. The summed E-state index contributed by atoms with van der Waals surface area (Å²) in [7, 11) is 0. The zero-order valence-electron chi connectivity index (χ0n) is 11.6. The summed E-state index contributed by atoms with van der Waals surface area (Å²) in [6, 6.07) is 8.31. The number of benzene rings is 1. The highest BCUT2D eigenvalue weighted by molar-refractivity contribution is 7.15. The fourth-order valence-corrected chi connectivity index (χ4v) is 3.98. The van der Waals surface area contributed by atoms with Crippen LogP contribution in [0.25, 0.3) is 10.6 Å². The first-order valence-corrected chi connectivity index (χ1v) is 7.52. The molecule has 0 saturated carbocycles. The average molecular weight is 273 g/mol. The van der Waals surface area contributed by atoms with Gasteiger partial charge in [-0.05, 0) is 30.7 Å². The SMILES string of the molecule is Cc1ccccc1-c1nc2c(s1)C(O)CC(C)(C)C2. The lowest BCUT2D eigenvalue weighted by Gasteiger charge is -2.31. The topological polar surface area (TPSA) is 33.1 Å². The van der Waals surface area contributed by atoms with Crippen LogP contribution in [0.5, 0.6) is 0 Å². The van der Waals surface area contributed by atoms with Crippen molar-refractivity contribution in [2.75, 3.05) is 0 Å². The molecule has 0 bridgehead atoms. The molecule has 19 heavy (non-hydrogen) atoms. The monoisotopic (exact) mass is 273 g/mol. The van der Waals surface area contributed by atoms with Gasteiger partial charge < -0.3 is 5.11 Å². The van der Waals surface area contributed by atoms with E-state index in [9.17, 15) is 5.11 Å². The van der Waals surface area contributed by atoms with Crippen LogP contribution in [-0.4, -0.2) is 10.1 Å². The fraction of sp³-hybridized carbons (Fsp3) is 0.438. The van der Waals surface area contributed by atoms with Crippen molar-refractivity contribution in [1.29, 1.82) is 0 Å². The van der Waals surface area contributed by atoms with Crippen LogP contribution >= 0.6 is 11.3 Å². The molecule has 0 aliphatic heterocycles. The molecule has 3 heteroatoms. The van der Waals surface area contributed by atoms with Crippen LogP contribution in [0.4, 0.5) is 0 Å². The molecule has 0 amide bonds. The lowest BCUT2D eigenvalue weighted by Crippen LogP contribution is -2.24. The Balaban J connectivity index is 2.07. The summed E-state index contributed by atoms with van der Waals surface area (Å²) in [5.74, 6) is 0. The van der Waals surface area contributed by atoms with E-state index in [4.69, 9.17) is 4.98 Å². The summed E-state index contributed by atoms with van der Waals surface area (Å²) in [5, 5.41) is 11.3. The number of aryl methyl sites for hydroxylation is 1. The van der Waals surface area contributed by atoms with E-state index in [-0.39, 0.29) is 11.5 Å². The number of aromatic nitrogens is 1. The first-order valence-electron chi connectivity index (χ1n) is 6.70. The number of aliphatic hydroxyl groups excluding tert-OH is 1. The molecule has 100 valence electrons. The van der Waals surface area contributed by atoms with Gasteiger partial charge in [-0.3, -0.25) is 0 Å². The molecule has 0 fully saturated rings. The van der Waals surface area contributed by atoms with Crippen LogP contribution in [0, 0.1) is 12.3 Å². The van der Waals surface area contributed by atoms with E-state index in [1.54, 1.807) is 11.3 Å². The van der Waals surface area contributed by atoms with Crippen molar-refractivity contribution in [2.24, 2.45) is 5.41 Å². The predicted octanol–water partition coefficient (Wildman–Crippen LogP) is 4.12. The maximum Gasteiger partial charge on any atom is 0.124 e. The van der Waals surface area contributed by atoms with Gasteiger partial charge in [0.25, 0.3) is 0 Å². The summed E-state index contributed by atoms with van der Waals surface area (Å²) in [6.07, 6.45) is 1.44. The second-order valence-electron chi connectivity index (χ2n) is 6.21. The Morgan fingerprint density at radius 2 is 2.05 bits per heavy atom. The number of thiazole rings is 1. The zero-order chi connectivity index (χ0) is 13.6. The van der Waals surface area contributed by atoms with Gasteiger partial charge in [0, 0.05) is 5.56 Å². The molecule has 1 aromatic heterocycles. The smallest absolute Gasteiger partial charge is 0.124 e. The van der Waals surface area contributed by atoms with Crippen LogP contribution < -0.4 is 0 Å². The van der Waals surface area contributed by atoms with E-state index in [2.05, 4.69) is 32.9 Å². The second kappa shape index (κ2) is 4.43. The third-order valence-electron chi connectivity index (χ3n) is 3.80. The maximum atomic E-state index is 10.3. The quantitative estimate of drug-likeness (QED) is 0.847. The molecular weight excluding hydrogens is 254 g/mol. The molecular formula is C16H19NOS. The lowest BCUT2D eigenvalue weighted by molar-refractivity contribution is 0.102. The van der Waals surface area contributed by atoms with Crippen molar-refractivity contribution in [3.05, 3.63) is 40.4 Å². The molecule has 1 aromatic carbocycles. The highest BCUT2D eigenvalue weighted by Gasteiger charge is 2.34. The molecule has 1 N–H and O–H groups in total. The zero-order valence-corrected chi connectivity index (χ0v) is 12.4. The van der Waals surface area contributed by atoms with Crippen molar-refractivity contribution in [1.82, 2.24) is 4.98 Å². The minimum atomic E-state index is -0.353. The number of nitrogens with zero attached hydrogens (tertiary/aromatic N) is 1. The van der Waals surface area contributed by atoms with Gasteiger partial charge in [-0.25, -0.2) is 4.98 Å². The van der Waals surface area contributed by atoms with Crippen LogP contribution in [0.3, 0.4) is 0 Å². The summed E-state index contributed by atoms with van der Waals surface area (Å²) >= 11 is 1.65. The first-order chi connectivity index (χ1) is 8.96. The molecule has 3 rings (SSSR count). The predicted molar refractivity (Wildman–Crippen MR) is 79.3 cm³/mol. The Morgan fingerprint density at radius 3 is 2.79 bits per heavy atom. The van der Waals surface area contributed by atoms with Crippen LogP contribution in [-0.2, 0) is 6.42 Å². The van der Waals surface area contributed by atoms with Crippen molar-refractivity contribution in [2.45, 2.75) is 39.7 Å². The average Bonchev–Trinajstić information content (AvgIpc) is 2.71. The molecule has 0 radical (unpaired) electrons. The minimum Gasteiger partial charge on any atom is -0.387 e. The third-order valence-corrected chi connectivity index (χ3v) is 5.03. The second-order valence-corrected chi connectivity index (χ2v) is 7.24. The standard InChI is InChI=1S/C16H19NOS/c1-10-6-4-5-7-11(10)15-17-12-8-16(2,3)9-13(18)14(12)19-15/h4-7,13,18H,8-9H2,1-3H3. The van der Waals surface area contributed by atoms with Crippen LogP contribution in [0.2, 0.25) is 0 Å². The van der Waals surface area contributed by atoms with E-state index in [0.717, 1.165) is 28.4 Å². The van der Waals surface area contributed by atoms with E-state index < -0.39 is 0 Å². The van der Waals surface area contributed by atoms with Crippen molar-refractivity contribution in [3.63, 3.8) is 0 Å². The van der Waals surface area contributed by atoms with Gasteiger partial charge in [0.05, 0.1) is 16.7 Å². The van der Waals surface area contributed by atoms with Gasteiger partial charge in [0.15, 0.2) is 0 Å². The molecule has 1 unspecified atom stereocenters. The van der Waals surface area contributed by atoms with Crippen molar-refractivity contribution < 1.29 is 5.11 Å². The van der Waals surface area contributed by atoms with E-state index in [1.165, 1.54) is 11.1 Å². The molecule has 2 nitrogen and oxygen atoms in total. The lowest BCUT2D eigenvalue weighted by atomic mass is 9.77. The molecule has 0 saturated heterocycles. The third kappa shape index (κ3) is 2.33. The summed E-state index contributed by atoms with van der Waals surface area (Å²) in [6.45, 7) is 6.51. The Morgan fingerprint density at radius 1 is 1.32 bits per heavy atom. The van der Waals surface area contributed by atoms with Gasteiger partial charge in [-0.1, -0.05) is 38.1 Å². The van der Waals surface area contributed by atoms with Gasteiger partial charge in [0.1, 0.15) is 5.01 Å². The molecule has 0 spiro atoms. The molecule has 1 heterocycles. The first kappa shape index (κ1) is 12.8. The van der Waals surface area contributed by atoms with Gasteiger partial charge in [-0.15, -0.1) is 11.3 Å². The van der Waals surface area contributed by atoms with Crippen molar-refractivity contribution >= 4 is 11.3 Å². The highest BCUT2D eigenvalue weighted by Crippen LogP contribution is 2.44. The fourth-order valence-electron chi connectivity index (χ4n) is 2.82. The van der Waals surface area contributed by atoms with Crippen molar-refractivity contribution in [3.8, 4) is 10.6 Å². The Labute approximate surface area is 118 Å². The molecule has 1 aliphatic rings. The number of hydrogen-bond donors (Lipinski definition) is 1. The number of rotatable bonds is 1. The Kier molecular flexibility index (Phi) is 2.99. The van der Waals surface area contributed by atoms with Gasteiger partial charge >= 0.3 is 0 Å². The number of hydrogen-bond acceptors (Lipinski definition) is 3. The number of fused-ring (bicyclic) bond motifs is 1. The molecule has 1 atom stereocenters. The Hall–Kier alpha value is -1.19. The highest BCUT2D eigenvalue weighted by atomic mass is 32.1. The molecule has 1 aliphatic carbocycles. The van der Waals surface area contributed by atoms with E-state index in [1.807, 2.05) is 12.1 Å². The van der Waals surface area contributed by atoms with Crippen LogP contribution in [0.15, 0.2) is 24.3 Å². The van der Waals surface area contributed by atoms with Gasteiger partial charge in [0.2, 0.25) is 0 Å².